The highest BCUT2D eigenvalue weighted by atomic mass is 19.1. The van der Waals surface area contributed by atoms with Crippen LogP contribution in [0.3, 0.4) is 0 Å². The van der Waals surface area contributed by atoms with Crippen LogP contribution in [0.15, 0.2) is 24.3 Å². The van der Waals surface area contributed by atoms with E-state index in [0.29, 0.717) is 12.1 Å². The zero-order valence-electron chi connectivity index (χ0n) is 15.4. The fourth-order valence-electron chi connectivity index (χ4n) is 3.04. The third-order valence-electron chi connectivity index (χ3n) is 4.41. The lowest BCUT2D eigenvalue weighted by molar-refractivity contribution is 0.302. The van der Waals surface area contributed by atoms with Gasteiger partial charge in [0.25, 0.3) is 0 Å². The number of hydrogen-bond acceptors (Lipinski definition) is 7. The van der Waals surface area contributed by atoms with Gasteiger partial charge in [-0.05, 0) is 25.0 Å². The summed E-state index contributed by atoms with van der Waals surface area (Å²) in [5.74, 6) is -1.37. The summed E-state index contributed by atoms with van der Waals surface area (Å²) in [5, 5.41) is 38.4. The van der Waals surface area contributed by atoms with Gasteiger partial charge in [0, 0.05) is 18.7 Å². The molecule has 1 heterocycles. The van der Waals surface area contributed by atoms with E-state index in [2.05, 4.69) is 11.1 Å². The predicted octanol–water partition coefficient (Wildman–Crippen LogP) is 2.21. The number of hydrogen-bond donors (Lipinski definition) is 2. The zero-order valence-corrected chi connectivity index (χ0v) is 15.4. The lowest BCUT2D eigenvalue weighted by Crippen LogP contribution is -2.29. The van der Waals surface area contributed by atoms with Crippen LogP contribution in [0.1, 0.15) is 35.1 Å². The molecule has 0 radical (unpaired) electrons. The van der Waals surface area contributed by atoms with Crippen molar-refractivity contribution in [1.82, 2.24) is 4.98 Å². The van der Waals surface area contributed by atoms with Crippen LogP contribution in [0.4, 0.5) is 16.0 Å². The molecule has 0 bridgehead atoms. The Kier molecular flexibility index (Phi) is 6.87. The zero-order chi connectivity index (χ0) is 20.7. The van der Waals surface area contributed by atoms with Gasteiger partial charge in [-0.25, -0.2) is 9.37 Å². The summed E-state index contributed by atoms with van der Waals surface area (Å²) in [6.45, 7) is 2.27. The first-order valence-electron chi connectivity index (χ1n) is 8.64. The lowest BCUT2D eigenvalue weighted by Gasteiger charge is -2.25. The molecule has 0 saturated heterocycles. The number of aliphatic hydroxyl groups is 1. The summed E-state index contributed by atoms with van der Waals surface area (Å²) in [6, 6.07) is 12.0. The van der Waals surface area contributed by atoms with E-state index < -0.39 is 11.7 Å². The minimum absolute atomic E-state index is 0.0262. The van der Waals surface area contributed by atoms with Gasteiger partial charge in [0.05, 0.1) is 18.6 Å². The van der Waals surface area contributed by atoms with Crippen LogP contribution < -0.4 is 10.6 Å². The fourth-order valence-corrected chi connectivity index (χ4v) is 3.04. The number of nitrogens with two attached hydrogens (primary N) is 1. The highest BCUT2D eigenvalue weighted by Crippen LogP contribution is 2.34. The molecule has 2 rings (SSSR count). The van der Waals surface area contributed by atoms with E-state index in [-0.39, 0.29) is 47.9 Å². The molecule has 0 amide bonds. The number of halogens is 1. The second-order valence-electron chi connectivity index (χ2n) is 5.99. The topological polar surface area (TPSA) is 134 Å². The molecule has 8 heteroatoms. The van der Waals surface area contributed by atoms with Crippen molar-refractivity contribution in [1.29, 1.82) is 15.8 Å². The van der Waals surface area contributed by atoms with Crippen molar-refractivity contribution in [3.8, 4) is 18.2 Å². The molecule has 0 spiro atoms. The number of pyridine rings is 1. The molecule has 142 valence electrons. The van der Waals surface area contributed by atoms with Crippen LogP contribution in [0.25, 0.3) is 0 Å². The van der Waals surface area contributed by atoms with Gasteiger partial charge in [0.1, 0.15) is 40.7 Å². The monoisotopic (exact) mass is 378 g/mol. The summed E-state index contributed by atoms with van der Waals surface area (Å²) >= 11 is 0. The summed E-state index contributed by atoms with van der Waals surface area (Å²) in [4.78, 5) is 5.81. The Balaban J connectivity index is 2.71. The van der Waals surface area contributed by atoms with Crippen LogP contribution in [-0.2, 0) is 6.42 Å². The van der Waals surface area contributed by atoms with E-state index in [1.807, 2.05) is 19.1 Å². The summed E-state index contributed by atoms with van der Waals surface area (Å²) in [7, 11) is 0. The van der Waals surface area contributed by atoms with E-state index in [0.717, 1.165) is 0 Å². The summed E-state index contributed by atoms with van der Waals surface area (Å²) in [6.07, 6.45) is -0.0262. The van der Waals surface area contributed by atoms with Crippen molar-refractivity contribution in [3.05, 3.63) is 52.3 Å². The van der Waals surface area contributed by atoms with Crippen molar-refractivity contribution in [2.75, 3.05) is 30.3 Å². The van der Waals surface area contributed by atoms with Crippen LogP contribution in [0.2, 0.25) is 0 Å². The first kappa shape index (κ1) is 20.6. The Labute approximate surface area is 162 Å². The summed E-state index contributed by atoms with van der Waals surface area (Å²) < 4.78 is 14.1. The molecule has 1 unspecified atom stereocenters. The van der Waals surface area contributed by atoms with Crippen molar-refractivity contribution < 1.29 is 9.50 Å². The molecule has 0 aliphatic rings. The Morgan fingerprint density at radius 3 is 2.43 bits per heavy atom. The number of anilines is 2. The van der Waals surface area contributed by atoms with Gasteiger partial charge < -0.3 is 15.7 Å². The molecule has 0 fully saturated rings. The molecule has 1 aromatic heterocycles. The maximum atomic E-state index is 14.1. The maximum absolute atomic E-state index is 14.1. The first-order chi connectivity index (χ1) is 13.5. The largest absolute Gasteiger partial charge is 0.395 e. The Morgan fingerprint density at radius 1 is 1.21 bits per heavy atom. The second-order valence-corrected chi connectivity index (χ2v) is 5.99. The average molecular weight is 378 g/mol. The standard InChI is InChI=1S/C20H19FN6O/c1-2-27(7-8-28)20-16(12-24)18(15(11-23)19(25)26-20)14(10-22)9-13-5-3-4-6-17(13)21/h3-6,14,28H,2,7-9H2,1H3,(H2,25,26). The molecule has 0 aliphatic heterocycles. The van der Waals surface area contributed by atoms with Crippen LogP contribution >= 0.6 is 0 Å². The number of aliphatic hydroxyl groups excluding tert-OH is 1. The second kappa shape index (κ2) is 9.32. The highest BCUT2D eigenvalue weighted by molar-refractivity contribution is 5.70. The average Bonchev–Trinajstić information content (AvgIpc) is 2.70. The Hall–Kier alpha value is -3.67. The fraction of sp³-hybridized carbons (Fsp3) is 0.300. The van der Waals surface area contributed by atoms with E-state index >= 15 is 0 Å². The molecule has 0 saturated carbocycles. The van der Waals surface area contributed by atoms with Crippen molar-refractivity contribution in [2.45, 2.75) is 19.3 Å². The highest BCUT2D eigenvalue weighted by Gasteiger charge is 2.28. The molecule has 1 aromatic carbocycles. The van der Waals surface area contributed by atoms with Gasteiger partial charge in [0.15, 0.2) is 0 Å². The molecule has 0 aliphatic carbocycles. The number of likely N-dealkylation sites (N-methyl/N-ethyl adjacent to an activating group) is 1. The van der Waals surface area contributed by atoms with Gasteiger partial charge in [-0.15, -0.1) is 0 Å². The van der Waals surface area contributed by atoms with Crippen LogP contribution in [0, 0.1) is 39.8 Å². The van der Waals surface area contributed by atoms with Crippen molar-refractivity contribution >= 4 is 11.6 Å². The normalized spacial score (nSPS) is 11.1. The maximum Gasteiger partial charge on any atom is 0.149 e. The quantitative estimate of drug-likeness (QED) is 0.754. The molecular formula is C20H19FN6O. The first-order valence-corrected chi connectivity index (χ1v) is 8.64. The van der Waals surface area contributed by atoms with Gasteiger partial charge >= 0.3 is 0 Å². The molecular weight excluding hydrogens is 359 g/mol. The third kappa shape index (κ3) is 4.01. The number of aromatic nitrogens is 1. The minimum atomic E-state index is -0.974. The third-order valence-corrected chi connectivity index (χ3v) is 4.41. The van der Waals surface area contributed by atoms with Gasteiger partial charge in [-0.1, -0.05) is 18.2 Å². The Morgan fingerprint density at radius 2 is 1.89 bits per heavy atom. The van der Waals surface area contributed by atoms with Crippen molar-refractivity contribution in [3.63, 3.8) is 0 Å². The Bertz CT molecular complexity index is 986. The van der Waals surface area contributed by atoms with Crippen LogP contribution in [0.5, 0.6) is 0 Å². The van der Waals surface area contributed by atoms with Crippen LogP contribution in [-0.4, -0.2) is 29.8 Å². The van der Waals surface area contributed by atoms with E-state index in [1.54, 1.807) is 17.0 Å². The van der Waals surface area contributed by atoms with E-state index in [4.69, 9.17) is 5.73 Å². The molecule has 28 heavy (non-hydrogen) atoms. The van der Waals surface area contributed by atoms with Gasteiger partial charge in [0.2, 0.25) is 0 Å². The molecule has 1 atom stereocenters. The minimum Gasteiger partial charge on any atom is -0.395 e. The number of benzene rings is 1. The number of nitriles is 3. The van der Waals surface area contributed by atoms with E-state index in [9.17, 15) is 25.3 Å². The van der Waals surface area contributed by atoms with Crippen molar-refractivity contribution in [2.24, 2.45) is 0 Å². The smallest absolute Gasteiger partial charge is 0.149 e. The predicted molar refractivity (Wildman–Crippen MR) is 102 cm³/mol. The number of rotatable bonds is 7. The molecule has 2 aromatic rings. The summed E-state index contributed by atoms with van der Waals surface area (Å²) in [5.41, 5.74) is 6.34. The van der Waals surface area contributed by atoms with E-state index in [1.165, 1.54) is 12.1 Å². The number of nitrogens with zero attached hydrogens (tertiary/aromatic N) is 5. The molecule has 7 nitrogen and oxygen atoms in total. The van der Waals surface area contributed by atoms with Gasteiger partial charge in [-0.3, -0.25) is 0 Å². The SMILES string of the molecule is CCN(CCO)c1nc(N)c(C#N)c(C(C#N)Cc2ccccc2F)c1C#N. The lowest BCUT2D eigenvalue weighted by atomic mass is 9.87. The van der Waals surface area contributed by atoms with Gasteiger partial charge in [-0.2, -0.15) is 15.8 Å². The molecule has 3 N–H and O–H groups in total. The number of nitrogen functional groups attached to an aromatic ring is 1.